The number of rotatable bonds is 1. The van der Waals surface area contributed by atoms with E-state index in [9.17, 15) is 20.3 Å². The fraction of sp³-hybridized carbons (Fsp3) is 0. The Bertz CT molecular complexity index is 550. The molecular formula is C10H7NO4. The highest BCUT2D eigenvalue weighted by Gasteiger charge is 2.13. The van der Waals surface area contributed by atoms with Crippen molar-refractivity contribution in [2.45, 2.75) is 0 Å². The number of benzene rings is 2. The third-order valence-electron chi connectivity index (χ3n) is 2.15. The van der Waals surface area contributed by atoms with Gasteiger partial charge in [-0.25, -0.2) is 0 Å². The first-order valence-electron chi connectivity index (χ1n) is 4.18. The maximum Gasteiger partial charge on any atom is 0.277 e. The van der Waals surface area contributed by atoms with Gasteiger partial charge in [0.1, 0.15) is 11.5 Å². The molecule has 0 bridgehead atoms. The summed E-state index contributed by atoms with van der Waals surface area (Å²) in [6, 6.07) is 6.50. The van der Waals surface area contributed by atoms with Gasteiger partial charge in [-0.2, -0.15) is 0 Å². The Morgan fingerprint density at radius 3 is 2.47 bits per heavy atom. The Labute approximate surface area is 84.4 Å². The Kier molecular flexibility index (Phi) is 1.93. The summed E-state index contributed by atoms with van der Waals surface area (Å²) in [4.78, 5) is 10.1. The van der Waals surface area contributed by atoms with E-state index in [1.54, 1.807) is 0 Å². The Morgan fingerprint density at radius 1 is 1.07 bits per heavy atom. The average molecular weight is 205 g/mol. The monoisotopic (exact) mass is 205 g/mol. The number of nitrogens with zero attached hydrogens (tertiary/aromatic N) is 1. The van der Waals surface area contributed by atoms with E-state index in [0.29, 0.717) is 5.39 Å². The van der Waals surface area contributed by atoms with Crippen molar-refractivity contribution in [3.05, 3.63) is 40.4 Å². The van der Waals surface area contributed by atoms with Crippen LogP contribution < -0.4 is 0 Å². The molecule has 2 N–H and O–H groups in total. The molecule has 0 heterocycles. The van der Waals surface area contributed by atoms with Gasteiger partial charge in [-0.1, -0.05) is 0 Å². The molecule has 15 heavy (non-hydrogen) atoms. The smallest absolute Gasteiger partial charge is 0.277 e. The lowest BCUT2D eigenvalue weighted by atomic mass is 10.1. The highest BCUT2D eigenvalue weighted by Crippen LogP contribution is 2.34. The van der Waals surface area contributed by atoms with Crippen LogP contribution >= 0.6 is 0 Å². The molecule has 2 aromatic rings. The van der Waals surface area contributed by atoms with Gasteiger partial charge < -0.3 is 10.2 Å². The van der Waals surface area contributed by atoms with Crippen LogP contribution in [0.5, 0.6) is 11.5 Å². The second-order valence-electron chi connectivity index (χ2n) is 3.09. The van der Waals surface area contributed by atoms with Crippen molar-refractivity contribution < 1.29 is 15.1 Å². The molecule has 2 aromatic carbocycles. The van der Waals surface area contributed by atoms with Crippen LogP contribution in [0.25, 0.3) is 10.8 Å². The van der Waals surface area contributed by atoms with Crippen LogP contribution in [0.2, 0.25) is 0 Å². The molecule has 0 saturated heterocycles. The van der Waals surface area contributed by atoms with Crippen LogP contribution in [0.1, 0.15) is 0 Å². The number of hydrogen-bond acceptors (Lipinski definition) is 4. The third-order valence-corrected chi connectivity index (χ3v) is 2.15. The molecule has 2 rings (SSSR count). The lowest BCUT2D eigenvalue weighted by molar-refractivity contribution is -0.383. The standard InChI is InChI=1S/C10H7NO4/c12-6-1-2-7-8(5-6)10(13)4-3-9(7)11(14)15/h1-5,12-13H. The second-order valence-corrected chi connectivity index (χ2v) is 3.09. The highest BCUT2D eigenvalue weighted by atomic mass is 16.6. The number of non-ortho nitro benzene ring substituents is 1. The predicted octanol–water partition coefficient (Wildman–Crippen LogP) is 2.16. The Balaban J connectivity index is 2.88. The van der Waals surface area contributed by atoms with Gasteiger partial charge in [0.25, 0.3) is 5.69 Å². The molecule has 0 unspecified atom stereocenters. The van der Waals surface area contributed by atoms with Gasteiger partial charge in [-0.05, 0) is 24.3 Å². The first-order valence-corrected chi connectivity index (χ1v) is 4.18. The zero-order valence-corrected chi connectivity index (χ0v) is 7.54. The maximum absolute atomic E-state index is 10.7. The first kappa shape index (κ1) is 9.26. The van der Waals surface area contributed by atoms with Crippen molar-refractivity contribution in [3.63, 3.8) is 0 Å². The molecule has 0 radical (unpaired) electrons. The minimum atomic E-state index is -0.529. The van der Waals surface area contributed by atoms with E-state index in [1.807, 2.05) is 0 Å². The minimum absolute atomic E-state index is 0.0432. The van der Waals surface area contributed by atoms with Gasteiger partial charge in [-0.3, -0.25) is 10.1 Å². The van der Waals surface area contributed by atoms with Gasteiger partial charge in [0.15, 0.2) is 0 Å². The fourth-order valence-electron chi connectivity index (χ4n) is 1.46. The van der Waals surface area contributed by atoms with E-state index in [2.05, 4.69) is 0 Å². The lowest BCUT2D eigenvalue weighted by Crippen LogP contribution is -1.89. The zero-order valence-electron chi connectivity index (χ0n) is 7.54. The van der Waals surface area contributed by atoms with Crippen molar-refractivity contribution in [1.29, 1.82) is 0 Å². The Morgan fingerprint density at radius 2 is 1.80 bits per heavy atom. The Hall–Kier alpha value is -2.30. The van der Waals surface area contributed by atoms with E-state index in [0.717, 1.165) is 0 Å². The lowest BCUT2D eigenvalue weighted by Gasteiger charge is -2.02. The quantitative estimate of drug-likeness (QED) is 0.551. The first-order chi connectivity index (χ1) is 7.09. The predicted molar refractivity (Wildman–Crippen MR) is 53.9 cm³/mol. The van der Waals surface area contributed by atoms with E-state index in [-0.39, 0.29) is 22.6 Å². The minimum Gasteiger partial charge on any atom is -0.508 e. The number of nitro benzene ring substituents is 1. The molecule has 0 fully saturated rings. The molecule has 0 aliphatic heterocycles. The van der Waals surface area contributed by atoms with Crippen LogP contribution in [0, 0.1) is 10.1 Å². The molecule has 0 saturated carbocycles. The van der Waals surface area contributed by atoms with Gasteiger partial charge in [0.05, 0.1) is 10.3 Å². The van der Waals surface area contributed by atoms with Crippen molar-refractivity contribution >= 4 is 16.5 Å². The summed E-state index contributed by atoms with van der Waals surface area (Å²) in [7, 11) is 0. The molecule has 0 aromatic heterocycles. The van der Waals surface area contributed by atoms with Crippen LogP contribution in [0.15, 0.2) is 30.3 Å². The fourth-order valence-corrected chi connectivity index (χ4v) is 1.46. The van der Waals surface area contributed by atoms with Gasteiger partial charge >= 0.3 is 0 Å². The number of nitro groups is 1. The molecule has 5 nitrogen and oxygen atoms in total. The number of fused-ring (bicyclic) bond motifs is 1. The van der Waals surface area contributed by atoms with Gasteiger partial charge in [-0.15, -0.1) is 0 Å². The summed E-state index contributed by atoms with van der Waals surface area (Å²) < 4.78 is 0. The molecule has 0 aliphatic carbocycles. The maximum atomic E-state index is 10.7. The zero-order chi connectivity index (χ0) is 11.0. The van der Waals surface area contributed by atoms with Crippen molar-refractivity contribution in [1.82, 2.24) is 0 Å². The van der Waals surface area contributed by atoms with E-state index < -0.39 is 4.92 Å². The molecule has 5 heteroatoms. The molecule has 76 valence electrons. The third kappa shape index (κ3) is 1.43. The summed E-state index contributed by atoms with van der Waals surface area (Å²) >= 11 is 0. The van der Waals surface area contributed by atoms with Gasteiger partial charge in [0.2, 0.25) is 0 Å². The van der Waals surface area contributed by atoms with Crippen molar-refractivity contribution in [2.75, 3.05) is 0 Å². The summed E-state index contributed by atoms with van der Waals surface area (Å²) in [5, 5.41) is 29.9. The van der Waals surface area contributed by atoms with E-state index in [1.165, 1.54) is 30.3 Å². The molecule has 0 amide bonds. The van der Waals surface area contributed by atoms with Crippen molar-refractivity contribution in [3.8, 4) is 11.5 Å². The van der Waals surface area contributed by atoms with E-state index in [4.69, 9.17) is 0 Å². The largest absolute Gasteiger partial charge is 0.508 e. The normalized spacial score (nSPS) is 10.4. The molecular weight excluding hydrogens is 198 g/mol. The van der Waals surface area contributed by atoms with Crippen LogP contribution in [0.3, 0.4) is 0 Å². The number of phenolic OH excluding ortho intramolecular Hbond substituents is 2. The number of phenols is 2. The van der Waals surface area contributed by atoms with Crippen LogP contribution in [-0.4, -0.2) is 15.1 Å². The molecule has 0 aliphatic rings. The van der Waals surface area contributed by atoms with Crippen molar-refractivity contribution in [2.24, 2.45) is 0 Å². The summed E-state index contributed by atoms with van der Waals surface area (Å²) in [5.41, 5.74) is -0.0946. The number of hydrogen-bond donors (Lipinski definition) is 2. The summed E-state index contributed by atoms with van der Waals surface area (Å²) in [6.45, 7) is 0. The van der Waals surface area contributed by atoms with Crippen LogP contribution in [0.4, 0.5) is 5.69 Å². The number of aromatic hydroxyl groups is 2. The van der Waals surface area contributed by atoms with Gasteiger partial charge in [0, 0.05) is 11.5 Å². The summed E-state index contributed by atoms with van der Waals surface area (Å²) in [5.74, 6) is -0.134. The SMILES string of the molecule is O=[N+]([O-])c1ccc(O)c2cc(O)ccc12. The molecule has 0 atom stereocenters. The topological polar surface area (TPSA) is 83.6 Å². The average Bonchev–Trinajstić information content (AvgIpc) is 2.19. The van der Waals surface area contributed by atoms with Crippen LogP contribution in [-0.2, 0) is 0 Å². The molecule has 0 spiro atoms. The second kappa shape index (κ2) is 3.13. The highest BCUT2D eigenvalue weighted by molar-refractivity contribution is 5.95. The summed E-state index contributed by atoms with van der Waals surface area (Å²) in [6.07, 6.45) is 0. The van der Waals surface area contributed by atoms with E-state index >= 15 is 0 Å².